The van der Waals surface area contributed by atoms with Crippen molar-refractivity contribution in [1.82, 2.24) is 0 Å². The van der Waals surface area contributed by atoms with Gasteiger partial charge in [0.15, 0.2) is 0 Å². The van der Waals surface area contributed by atoms with E-state index in [9.17, 15) is 14.7 Å². The number of para-hydroxylation sites is 1. The van der Waals surface area contributed by atoms with Crippen molar-refractivity contribution in [2.75, 3.05) is 11.5 Å². The molecule has 0 radical (unpaired) electrons. The first kappa shape index (κ1) is 13.7. The summed E-state index contributed by atoms with van der Waals surface area (Å²) >= 11 is 0. The van der Waals surface area contributed by atoms with Gasteiger partial charge in [-0.2, -0.15) is 0 Å². The fourth-order valence-corrected chi connectivity index (χ4v) is 4.06. The van der Waals surface area contributed by atoms with Gasteiger partial charge in [0.05, 0.1) is 30.2 Å². The van der Waals surface area contributed by atoms with Gasteiger partial charge in [0.2, 0.25) is 11.8 Å². The van der Waals surface area contributed by atoms with Gasteiger partial charge < -0.3 is 9.84 Å². The number of imide groups is 1. The van der Waals surface area contributed by atoms with Gasteiger partial charge in [-0.3, -0.25) is 9.59 Å². The topological polar surface area (TPSA) is 66.8 Å². The molecule has 3 aliphatic heterocycles. The maximum Gasteiger partial charge on any atom is 0.241 e. The molecule has 2 fully saturated rings. The van der Waals surface area contributed by atoms with Crippen LogP contribution >= 0.6 is 0 Å². The molecule has 4 rings (SSSR count). The number of carbonyl (C=O) groups is 2. The van der Waals surface area contributed by atoms with Gasteiger partial charge in [0.25, 0.3) is 0 Å². The van der Waals surface area contributed by atoms with Crippen molar-refractivity contribution in [1.29, 1.82) is 0 Å². The fourth-order valence-electron chi connectivity index (χ4n) is 4.06. The van der Waals surface area contributed by atoms with E-state index in [1.807, 2.05) is 32.0 Å². The number of nitrogens with zero attached hydrogens (tertiary/aromatic N) is 1. The van der Waals surface area contributed by atoms with Gasteiger partial charge in [-0.05, 0) is 25.0 Å². The standard InChI is InChI=1S/C17H17NO4/c1-9-4-3-5-10(2)14(9)18-15(20)12-11-6-7-17(8-19,22-11)13(12)16(18)21/h3-7,11-13,19H,8H2,1-2H3. The summed E-state index contributed by atoms with van der Waals surface area (Å²) in [7, 11) is 0. The van der Waals surface area contributed by atoms with E-state index in [2.05, 4.69) is 0 Å². The van der Waals surface area contributed by atoms with Gasteiger partial charge in [-0.25, -0.2) is 4.90 Å². The lowest BCUT2D eigenvalue weighted by Crippen LogP contribution is -2.43. The van der Waals surface area contributed by atoms with Crippen molar-refractivity contribution in [2.24, 2.45) is 11.8 Å². The third kappa shape index (κ3) is 1.45. The van der Waals surface area contributed by atoms with Crippen molar-refractivity contribution < 1.29 is 19.4 Å². The molecule has 5 nitrogen and oxygen atoms in total. The van der Waals surface area contributed by atoms with Crippen molar-refractivity contribution in [3.8, 4) is 0 Å². The van der Waals surface area contributed by atoms with Crippen molar-refractivity contribution in [3.05, 3.63) is 41.5 Å². The lowest BCUT2D eigenvalue weighted by Gasteiger charge is -2.27. The third-order valence-corrected chi connectivity index (χ3v) is 5.07. The summed E-state index contributed by atoms with van der Waals surface area (Å²) in [5.41, 5.74) is 1.41. The fraction of sp³-hybridized carbons (Fsp3) is 0.412. The molecule has 4 unspecified atom stereocenters. The number of aryl methyl sites for hydroxylation is 2. The number of ether oxygens (including phenoxy) is 1. The lowest BCUT2D eigenvalue weighted by atomic mass is 9.77. The molecule has 2 amide bonds. The molecule has 3 heterocycles. The van der Waals surface area contributed by atoms with E-state index in [0.29, 0.717) is 5.69 Å². The van der Waals surface area contributed by atoms with Gasteiger partial charge >= 0.3 is 0 Å². The van der Waals surface area contributed by atoms with E-state index in [1.54, 1.807) is 12.2 Å². The number of aliphatic hydroxyl groups is 1. The van der Waals surface area contributed by atoms with E-state index >= 15 is 0 Å². The number of carbonyl (C=O) groups excluding carboxylic acids is 2. The Kier molecular flexibility index (Phi) is 2.65. The van der Waals surface area contributed by atoms with E-state index in [0.717, 1.165) is 11.1 Å². The summed E-state index contributed by atoms with van der Waals surface area (Å²) in [6.07, 6.45) is 3.11. The van der Waals surface area contributed by atoms with Gasteiger partial charge in [0, 0.05) is 0 Å². The molecule has 22 heavy (non-hydrogen) atoms. The number of benzene rings is 1. The molecule has 0 aromatic heterocycles. The lowest BCUT2D eigenvalue weighted by molar-refractivity contribution is -0.128. The molecule has 2 saturated heterocycles. The molecular weight excluding hydrogens is 282 g/mol. The van der Waals surface area contributed by atoms with Crippen LogP contribution in [-0.2, 0) is 14.3 Å². The largest absolute Gasteiger partial charge is 0.393 e. The molecule has 1 aromatic rings. The van der Waals surface area contributed by atoms with Crippen LogP contribution in [0.25, 0.3) is 0 Å². The Balaban J connectivity index is 1.83. The van der Waals surface area contributed by atoms with Gasteiger partial charge in [0.1, 0.15) is 5.60 Å². The van der Waals surface area contributed by atoms with Crippen molar-refractivity contribution in [3.63, 3.8) is 0 Å². The van der Waals surface area contributed by atoms with Crippen LogP contribution < -0.4 is 4.90 Å². The number of hydrogen-bond donors (Lipinski definition) is 1. The summed E-state index contributed by atoms with van der Waals surface area (Å²) in [4.78, 5) is 27.1. The molecule has 0 aliphatic carbocycles. The molecule has 114 valence electrons. The van der Waals surface area contributed by atoms with E-state index in [4.69, 9.17) is 4.74 Å². The Bertz CT molecular complexity index is 705. The average molecular weight is 299 g/mol. The minimum atomic E-state index is -1.03. The van der Waals surface area contributed by atoms with Crippen LogP contribution in [0.3, 0.4) is 0 Å². The average Bonchev–Trinajstić information content (AvgIpc) is 3.13. The quantitative estimate of drug-likeness (QED) is 0.656. The van der Waals surface area contributed by atoms with Crippen molar-refractivity contribution in [2.45, 2.75) is 25.6 Å². The molecule has 2 bridgehead atoms. The van der Waals surface area contributed by atoms with Crippen LogP contribution in [0.15, 0.2) is 30.4 Å². The zero-order valence-corrected chi connectivity index (χ0v) is 12.4. The first-order chi connectivity index (χ1) is 10.5. The third-order valence-electron chi connectivity index (χ3n) is 5.07. The monoisotopic (exact) mass is 299 g/mol. The predicted molar refractivity (Wildman–Crippen MR) is 79.2 cm³/mol. The van der Waals surface area contributed by atoms with Crippen LogP contribution in [0.5, 0.6) is 0 Å². The normalized spacial score (nSPS) is 35.6. The highest BCUT2D eigenvalue weighted by atomic mass is 16.5. The SMILES string of the molecule is Cc1cccc(C)c1N1C(=O)C2C3C=CC(CO)(O3)C2C1=O. The van der Waals surface area contributed by atoms with Gasteiger partial charge in [-0.15, -0.1) is 0 Å². The van der Waals surface area contributed by atoms with E-state index in [1.165, 1.54) is 4.90 Å². The highest BCUT2D eigenvalue weighted by Gasteiger charge is 2.67. The summed E-state index contributed by atoms with van der Waals surface area (Å²) < 4.78 is 5.73. The molecular formula is C17H17NO4. The number of aliphatic hydroxyl groups excluding tert-OH is 1. The second-order valence-electron chi connectivity index (χ2n) is 6.31. The maximum atomic E-state index is 12.9. The molecule has 5 heteroatoms. The van der Waals surface area contributed by atoms with E-state index in [-0.39, 0.29) is 18.4 Å². The van der Waals surface area contributed by atoms with Crippen LogP contribution in [0, 0.1) is 25.7 Å². The Morgan fingerprint density at radius 1 is 1.23 bits per heavy atom. The Morgan fingerprint density at radius 2 is 1.91 bits per heavy atom. The zero-order chi connectivity index (χ0) is 15.6. The molecule has 0 saturated carbocycles. The zero-order valence-electron chi connectivity index (χ0n) is 12.4. The minimum Gasteiger partial charge on any atom is -0.393 e. The first-order valence-corrected chi connectivity index (χ1v) is 7.42. The molecule has 0 spiro atoms. The predicted octanol–water partition coefficient (Wildman–Crippen LogP) is 1.11. The van der Waals surface area contributed by atoms with Gasteiger partial charge in [-0.1, -0.05) is 30.4 Å². The summed E-state index contributed by atoms with van der Waals surface area (Å²) in [5, 5.41) is 9.70. The van der Waals surface area contributed by atoms with Crippen molar-refractivity contribution >= 4 is 17.5 Å². The van der Waals surface area contributed by atoms with Crippen LogP contribution in [0.2, 0.25) is 0 Å². The second-order valence-corrected chi connectivity index (χ2v) is 6.31. The molecule has 1 aromatic carbocycles. The Labute approximate surface area is 128 Å². The molecule has 3 aliphatic rings. The number of fused-ring (bicyclic) bond motifs is 5. The summed E-state index contributed by atoms with van der Waals surface area (Å²) in [5.74, 6) is -1.65. The first-order valence-electron chi connectivity index (χ1n) is 7.42. The number of amides is 2. The number of hydrogen-bond acceptors (Lipinski definition) is 4. The van der Waals surface area contributed by atoms with Crippen LogP contribution in [0.4, 0.5) is 5.69 Å². The van der Waals surface area contributed by atoms with E-state index < -0.39 is 23.5 Å². The summed E-state index contributed by atoms with van der Waals surface area (Å²) in [6.45, 7) is 3.49. The highest BCUT2D eigenvalue weighted by molar-refractivity contribution is 6.24. The molecule has 4 atom stereocenters. The summed E-state index contributed by atoms with van der Waals surface area (Å²) in [6, 6.07) is 5.69. The second kappa shape index (κ2) is 4.27. The van der Waals surface area contributed by atoms with Crippen LogP contribution in [0.1, 0.15) is 11.1 Å². The Morgan fingerprint density at radius 3 is 2.55 bits per heavy atom. The number of anilines is 1. The Hall–Kier alpha value is -1.98. The number of rotatable bonds is 2. The maximum absolute atomic E-state index is 12.9. The molecule has 1 N–H and O–H groups in total. The smallest absolute Gasteiger partial charge is 0.241 e. The van der Waals surface area contributed by atoms with Crippen LogP contribution in [-0.4, -0.2) is 35.2 Å². The highest BCUT2D eigenvalue weighted by Crippen LogP contribution is 2.52. The minimum absolute atomic E-state index is 0.225.